The van der Waals surface area contributed by atoms with Crippen molar-refractivity contribution in [1.29, 1.82) is 0 Å². The second-order valence-corrected chi connectivity index (χ2v) is 9.30. The molecule has 0 bridgehead atoms. The molecule has 0 aromatic heterocycles. The van der Waals surface area contributed by atoms with Gasteiger partial charge in [0.2, 0.25) is 0 Å². The van der Waals surface area contributed by atoms with Gasteiger partial charge in [0.05, 0.1) is 13.0 Å². The fraction of sp³-hybridized carbons (Fsp3) is 0.152. The monoisotopic (exact) mass is 540 g/mol. The third kappa shape index (κ3) is 7.15. The number of alkyl halides is 1. The summed E-state index contributed by atoms with van der Waals surface area (Å²) >= 11 is 6.27. The molecule has 0 heterocycles. The van der Waals surface area contributed by atoms with Gasteiger partial charge in [-0.3, -0.25) is 4.79 Å². The smallest absolute Gasteiger partial charge is 0.330 e. The Bertz CT molecular complexity index is 1470. The Morgan fingerprint density at radius 3 is 2.00 bits per heavy atom. The van der Waals surface area contributed by atoms with Crippen LogP contribution in [0.15, 0.2) is 97.6 Å². The van der Waals surface area contributed by atoms with E-state index in [2.05, 4.69) is 6.58 Å². The molecular formula is C33H29ClO5. The van der Waals surface area contributed by atoms with E-state index in [0.29, 0.717) is 34.8 Å². The predicted octanol–water partition coefficient (Wildman–Crippen LogP) is 7.59. The van der Waals surface area contributed by atoms with Crippen molar-refractivity contribution in [3.63, 3.8) is 0 Å². The lowest BCUT2D eigenvalue weighted by Gasteiger charge is -2.13. The molecule has 6 heteroatoms. The van der Waals surface area contributed by atoms with E-state index in [1.807, 2.05) is 67.6 Å². The lowest BCUT2D eigenvalue weighted by molar-refractivity contribution is -0.139. The summed E-state index contributed by atoms with van der Waals surface area (Å²) < 4.78 is 16.7. The number of hydrogen-bond donors (Lipinski definition) is 0. The molecule has 0 N–H and O–H groups in total. The average Bonchev–Trinajstić information content (AvgIpc) is 2.97. The van der Waals surface area contributed by atoms with Gasteiger partial charge in [-0.25, -0.2) is 4.79 Å². The van der Waals surface area contributed by atoms with Crippen LogP contribution in [0.25, 0.3) is 0 Å². The molecule has 0 saturated carbocycles. The highest BCUT2D eigenvalue weighted by Crippen LogP contribution is 2.30. The van der Waals surface area contributed by atoms with Crippen LogP contribution in [0.3, 0.4) is 0 Å². The van der Waals surface area contributed by atoms with Crippen LogP contribution in [0.4, 0.5) is 0 Å². The Morgan fingerprint density at radius 2 is 1.41 bits per heavy atom. The van der Waals surface area contributed by atoms with Gasteiger partial charge in [0.25, 0.3) is 0 Å². The first-order chi connectivity index (χ1) is 18.9. The third-order valence-corrected chi connectivity index (χ3v) is 6.50. The fourth-order valence-corrected chi connectivity index (χ4v) is 4.33. The van der Waals surface area contributed by atoms with Crippen molar-refractivity contribution in [1.82, 2.24) is 0 Å². The summed E-state index contributed by atoms with van der Waals surface area (Å²) in [6.45, 7) is 5.51. The van der Waals surface area contributed by atoms with E-state index < -0.39 is 5.97 Å². The highest BCUT2D eigenvalue weighted by atomic mass is 35.5. The van der Waals surface area contributed by atoms with E-state index in [4.69, 9.17) is 25.8 Å². The molecule has 0 saturated heterocycles. The number of ketones is 1. The molecule has 0 fully saturated rings. The van der Waals surface area contributed by atoms with Gasteiger partial charge in [0.15, 0.2) is 5.78 Å². The molecule has 0 radical (unpaired) electrons. The molecule has 198 valence electrons. The Labute approximate surface area is 233 Å². The quantitative estimate of drug-likeness (QED) is 0.0848. The normalized spacial score (nSPS) is 10.5. The molecule has 0 aliphatic carbocycles. The number of aryl methyl sites for hydroxylation is 1. The van der Waals surface area contributed by atoms with E-state index in [1.165, 1.54) is 0 Å². The molecule has 4 rings (SSSR count). The summed E-state index contributed by atoms with van der Waals surface area (Å²) in [6.07, 6.45) is 1.78. The Kier molecular flexibility index (Phi) is 9.18. The van der Waals surface area contributed by atoms with Gasteiger partial charge >= 0.3 is 5.97 Å². The number of halogens is 1. The van der Waals surface area contributed by atoms with Gasteiger partial charge < -0.3 is 14.2 Å². The summed E-state index contributed by atoms with van der Waals surface area (Å²) in [5.41, 5.74) is 6.05. The zero-order valence-electron chi connectivity index (χ0n) is 21.9. The predicted molar refractivity (Wildman–Crippen MR) is 153 cm³/mol. The SMILES string of the molecule is C=CC(=O)OCc1cc(Cc2ccc(Oc3ccc(C(=O)c4ccc(C)cc4)cc3)c(CCl)c2)ccc1OC. The molecule has 4 aromatic rings. The summed E-state index contributed by atoms with van der Waals surface area (Å²) in [7, 11) is 1.58. The van der Waals surface area contributed by atoms with Crippen molar-refractivity contribution >= 4 is 23.4 Å². The van der Waals surface area contributed by atoms with Crippen LogP contribution in [0.1, 0.15) is 43.7 Å². The van der Waals surface area contributed by atoms with Crippen LogP contribution in [-0.4, -0.2) is 18.9 Å². The number of esters is 1. The number of methoxy groups -OCH3 is 1. The maximum absolute atomic E-state index is 12.8. The van der Waals surface area contributed by atoms with Crippen LogP contribution in [-0.2, 0) is 28.4 Å². The zero-order chi connectivity index (χ0) is 27.8. The third-order valence-electron chi connectivity index (χ3n) is 6.22. The van der Waals surface area contributed by atoms with Crippen molar-refractivity contribution < 1.29 is 23.8 Å². The van der Waals surface area contributed by atoms with E-state index >= 15 is 0 Å². The standard InChI is InChI=1S/C33H29ClO5/c1-4-32(35)38-21-28-19-24(7-15-30(28)37-3)17-23-8-16-31(27(18-23)20-34)39-29-13-11-26(12-14-29)33(36)25-9-5-22(2)6-10-25/h4-16,18-19H,1,17,20-21H2,2-3H3. The van der Waals surface area contributed by atoms with Gasteiger partial charge in [-0.15, -0.1) is 11.6 Å². The second kappa shape index (κ2) is 12.9. The first-order valence-corrected chi connectivity index (χ1v) is 13.0. The largest absolute Gasteiger partial charge is 0.496 e. The number of carbonyl (C=O) groups is 2. The minimum Gasteiger partial charge on any atom is -0.496 e. The first-order valence-electron chi connectivity index (χ1n) is 12.4. The highest BCUT2D eigenvalue weighted by molar-refractivity contribution is 6.17. The minimum absolute atomic E-state index is 0.0343. The van der Waals surface area contributed by atoms with Gasteiger partial charge in [0.1, 0.15) is 23.9 Å². The van der Waals surface area contributed by atoms with Crippen LogP contribution in [0, 0.1) is 6.92 Å². The Balaban J connectivity index is 1.46. The molecule has 0 aliphatic rings. The number of benzene rings is 4. The highest BCUT2D eigenvalue weighted by Gasteiger charge is 2.12. The minimum atomic E-state index is -0.489. The molecule has 0 amide bonds. The van der Waals surface area contributed by atoms with Crippen LogP contribution < -0.4 is 9.47 Å². The van der Waals surface area contributed by atoms with E-state index in [9.17, 15) is 9.59 Å². The summed E-state index contributed by atoms with van der Waals surface area (Å²) in [6, 6.07) is 26.3. The number of rotatable bonds is 11. The van der Waals surface area contributed by atoms with Gasteiger partial charge in [-0.05, 0) is 66.9 Å². The number of hydrogen-bond acceptors (Lipinski definition) is 5. The molecular weight excluding hydrogens is 512 g/mol. The lowest BCUT2D eigenvalue weighted by atomic mass is 10.0. The molecule has 0 spiro atoms. The molecule has 39 heavy (non-hydrogen) atoms. The van der Waals surface area contributed by atoms with E-state index in [1.54, 1.807) is 31.4 Å². The number of carbonyl (C=O) groups excluding carboxylic acids is 2. The fourth-order valence-electron chi connectivity index (χ4n) is 4.12. The van der Waals surface area contributed by atoms with Crippen molar-refractivity contribution in [3.05, 3.63) is 137 Å². The first kappa shape index (κ1) is 27.7. The summed E-state index contributed by atoms with van der Waals surface area (Å²) in [5, 5.41) is 0. The van der Waals surface area contributed by atoms with E-state index in [0.717, 1.165) is 33.9 Å². The number of ether oxygens (including phenoxy) is 3. The van der Waals surface area contributed by atoms with Gasteiger partial charge in [-0.1, -0.05) is 54.6 Å². The van der Waals surface area contributed by atoms with Crippen LogP contribution in [0.5, 0.6) is 17.2 Å². The van der Waals surface area contributed by atoms with Gasteiger partial charge in [0, 0.05) is 28.3 Å². The molecule has 0 atom stereocenters. The van der Waals surface area contributed by atoms with Crippen LogP contribution >= 0.6 is 11.6 Å². The van der Waals surface area contributed by atoms with Crippen molar-refractivity contribution in [3.8, 4) is 17.2 Å². The second-order valence-electron chi connectivity index (χ2n) is 9.03. The molecule has 0 aliphatic heterocycles. The van der Waals surface area contributed by atoms with Crippen LogP contribution in [0.2, 0.25) is 0 Å². The Hall–Kier alpha value is -4.35. The molecule has 4 aromatic carbocycles. The Morgan fingerprint density at radius 1 is 0.821 bits per heavy atom. The molecule has 5 nitrogen and oxygen atoms in total. The average molecular weight is 541 g/mol. The summed E-state index contributed by atoms with van der Waals surface area (Å²) in [5.74, 6) is 1.66. The zero-order valence-corrected chi connectivity index (χ0v) is 22.7. The van der Waals surface area contributed by atoms with Crippen molar-refractivity contribution in [2.45, 2.75) is 25.8 Å². The van der Waals surface area contributed by atoms with Crippen molar-refractivity contribution in [2.75, 3.05) is 7.11 Å². The van der Waals surface area contributed by atoms with Crippen molar-refractivity contribution in [2.24, 2.45) is 0 Å². The maximum Gasteiger partial charge on any atom is 0.330 e. The summed E-state index contributed by atoms with van der Waals surface area (Å²) in [4.78, 5) is 24.3. The van der Waals surface area contributed by atoms with Gasteiger partial charge in [-0.2, -0.15) is 0 Å². The lowest BCUT2D eigenvalue weighted by Crippen LogP contribution is -2.03. The topological polar surface area (TPSA) is 61.8 Å². The molecule has 0 unspecified atom stereocenters. The maximum atomic E-state index is 12.8. The van der Waals surface area contributed by atoms with E-state index in [-0.39, 0.29) is 18.3 Å².